The van der Waals surface area contributed by atoms with Crippen LogP contribution >= 0.6 is 0 Å². The Labute approximate surface area is 103 Å². The molecule has 0 aliphatic carbocycles. The van der Waals surface area contributed by atoms with E-state index >= 15 is 0 Å². The van der Waals surface area contributed by atoms with Gasteiger partial charge in [0.2, 0.25) is 0 Å². The molecule has 0 amide bonds. The van der Waals surface area contributed by atoms with Crippen molar-refractivity contribution in [2.75, 3.05) is 0 Å². The van der Waals surface area contributed by atoms with Crippen molar-refractivity contribution in [1.82, 2.24) is 0 Å². The van der Waals surface area contributed by atoms with Crippen LogP contribution in [0.25, 0.3) is 0 Å². The standard InChI is InChI=1S/C3H6.4CHFO2/c1-3-2;4*2-1(3)4/h3H,1H2,2H3;4*(H,3,4). The molecular weight excluding hydrogens is 288 g/mol. The predicted molar refractivity (Wildman–Crippen MR) is 52.4 cm³/mol. The van der Waals surface area contributed by atoms with Crippen molar-refractivity contribution in [1.29, 1.82) is 0 Å². The summed E-state index contributed by atoms with van der Waals surface area (Å²) in [5.41, 5.74) is 0. The molecule has 0 aromatic heterocycles. The number of hydrogen-bond acceptors (Lipinski definition) is 4. The Balaban J connectivity index is -0.0000000432. The molecule has 0 atom stereocenters. The lowest BCUT2D eigenvalue weighted by atomic mass is 10.8. The first-order valence-corrected chi connectivity index (χ1v) is 3.45. The summed E-state index contributed by atoms with van der Waals surface area (Å²) in [6.45, 7) is 5.25. The molecule has 4 N–H and O–H groups in total. The van der Waals surface area contributed by atoms with E-state index in [1.807, 2.05) is 6.92 Å². The molecule has 0 aliphatic heterocycles. The van der Waals surface area contributed by atoms with E-state index in [9.17, 15) is 17.6 Å². The van der Waals surface area contributed by atoms with Gasteiger partial charge in [0.1, 0.15) is 0 Å². The zero-order chi connectivity index (χ0) is 17.0. The van der Waals surface area contributed by atoms with E-state index in [2.05, 4.69) is 6.58 Å². The molecule has 19 heavy (non-hydrogen) atoms. The van der Waals surface area contributed by atoms with Crippen LogP contribution < -0.4 is 0 Å². The van der Waals surface area contributed by atoms with Crippen molar-refractivity contribution in [2.45, 2.75) is 6.92 Å². The van der Waals surface area contributed by atoms with Crippen molar-refractivity contribution >= 4 is 24.9 Å². The molecule has 0 radical (unpaired) electrons. The Morgan fingerprint density at radius 1 is 0.737 bits per heavy atom. The Morgan fingerprint density at radius 2 is 0.737 bits per heavy atom. The fraction of sp³-hybridized carbons (Fsp3) is 0.143. The van der Waals surface area contributed by atoms with E-state index in [1.54, 1.807) is 6.08 Å². The molecule has 8 nitrogen and oxygen atoms in total. The lowest BCUT2D eigenvalue weighted by molar-refractivity contribution is 0.167. The van der Waals surface area contributed by atoms with Gasteiger partial charge in [0, 0.05) is 0 Å². The molecular formula is C7H10F4O8. The quantitative estimate of drug-likeness (QED) is 0.300. The van der Waals surface area contributed by atoms with E-state index in [0.717, 1.165) is 0 Å². The van der Waals surface area contributed by atoms with Gasteiger partial charge in [0.15, 0.2) is 0 Å². The van der Waals surface area contributed by atoms with E-state index in [4.69, 9.17) is 39.6 Å². The molecule has 0 fully saturated rings. The molecule has 12 heteroatoms. The fourth-order valence-corrected chi connectivity index (χ4v) is 0. The summed E-state index contributed by atoms with van der Waals surface area (Å²) in [5.74, 6) is 0. The minimum Gasteiger partial charge on any atom is -0.456 e. The van der Waals surface area contributed by atoms with Crippen LogP contribution in [0.3, 0.4) is 0 Å². The second kappa shape index (κ2) is 29.5. The van der Waals surface area contributed by atoms with Gasteiger partial charge in [0.05, 0.1) is 0 Å². The van der Waals surface area contributed by atoms with Gasteiger partial charge >= 0.3 is 24.9 Å². The second-order valence-electron chi connectivity index (χ2n) is 1.42. The highest BCUT2D eigenvalue weighted by Gasteiger charge is 1.75. The average molecular weight is 298 g/mol. The number of carboxylic acid groups (broad SMARTS) is 4. The van der Waals surface area contributed by atoms with Gasteiger partial charge in [-0.25, -0.2) is 19.2 Å². The molecule has 0 aromatic rings. The predicted octanol–water partition coefficient (Wildman–Crippen LogP) is 3.73. The van der Waals surface area contributed by atoms with Crippen molar-refractivity contribution < 1.29 is 57.2 Å². The zero-order valence-electron chi connectivity index (χ0n) is 9.22. The first-order valence-electron chi connectivity index (χ1n) is 3.45. The van der Waals surface area contributed by atoms with Crippen LogP contribution in [0, 0.1) is 0 Å². The van der Waals surface area contributed by atoms with Crippen molar-refractivity contribution in [2.24, 2.45) is 0 Å². The molecule has 0 aromatic carbocycles. The molecule has 0 heterocycles. The first-order chi connectivity index (χ1) is 8.34. The maximum Gasteiger partial charge on any atom is 0.492 e. The maximum atomic E-state index is 9.92. The molecule has 0 unspecified atom stereocenters. The summed E-state index contributed by atoms with van der Waals surface area (Å²) in [6, 6.07) is 0. The van der Waals surface area contributed by atoms with E-state index < -0.39 is 24.9 Å². The fourth-order valence-electron chi connectivity index (χ4n) is 0. The first kappa shape index (κ1) is 29.9. The summed E-state index contributed by atoms with van der Waals surface area (Å²) in [7, 11) is 0. The van der Waals surface area contributed by atoms with Crippen LogP contribution in [0.4, 0.5) is 36.7 Å². The molecule has 0 spiro atoms. The van der Waals surface area contributed by atoms with E-state index in [0.29, 0.717) is 0 Å². The van der Waals surface area contributed by atoms with Crippen LogP contribution in [0.2, 0.25) is 0 Å². The monoisotopic (exact) mass is 298 g/mol. The highest BCUT2D eigenvalue weighted by atomic mass is 19.2. The maximum absolute atomic E-state index is 9.92. The van der Waals surface area contributed by atoms with E-state index in [1.165, 1.54) is 0 Å². The third-order valence-electron chi connectivity index (χ3n) is 0. The Kier molecular flexibility index (Phi) is 46.4. The van der Waals surface area contributed by atoms with Crippen LogP contribution in [-0.2, 0) is 0 Å². The Hall–Kier alpha value is -2.66. The summed E-state index contributed by atoms with van der Waals surface area (Å²) in [6.07, 6.45) is -7.58. The highest BCUT2D eigenvalue weighted by Crippen LogP contribution is 1.59. The van der Waals surface area contributed by atoms with Crippen molar-refractivity contribution in [3.63, 3.8) is 0 Å². The van der Waals surface area contributed by atoms with Gasteiger partial charge in [-0.15, -0.1) is 24.1 Å². The highest BCUT2D eigenvalue weighted by molar-refractivity contribution is 5.55. The minimum absolute atomic E-state index is 1.75. The third-order valence-corrected chi connectivity index (χ3v) is 0. The van der Waals surface area contributed by atoms with Crippen LogP contribution in [-0.4, -0.2) is 45.3 Å². The molecule has 0 rings (SSSR count). The lowest BCUT2D eigenvalue weighted by Crippen LogP contribution is -1.69. The summed E-state index contributed by atoms with van der Waals surface area (Å²) < 4.78 is 39.7. The van der Waals surface area contributed by atoms with E-state index in [-0.39, 0.29) is 0 Å². The summed E-state index contributed by atoms with van der Waals surface area (Å²) in [5, 5.41) is 27.0. The number of carbonyl (C=O) groups is 4. The van der Waals surface area contributed by atoms with Crippen molar-refractivity contribution in [3.8, 4) is 0 Å². The van der Waals surface area contributed by atoms with Crippen LogP contribution in [0.15, 0.2) is 12.7 Å². The van der Waals surface area contributed by atoms with Gasteiger partial charge in [-0.2, -0.15) is 0 Å². The Bertz CT molecular complexity index is 204. The van der Waals surface area contributed by atoms with Gasteiger partial charge < -0.3 is 20.4 Å². The number of hydrogen-bond donors (Lipinski definition) is 4. The third kappa shape index (κ3) is 386. The van der Waals surface area contributed by atoms with Crippen molar-refractivity contribution in [3.05, 3.63) is 12.7 Å². The van der Waals surface area contributed by atoms with Crippen LogP contribution in [0.1, 0.15) is 6.92 Å². The molecule has 0 aliphatic rings. The van der Waals surface area contributed by atoms with Gasteiger partial charge in [0.25, 0.3) is 0 Å². The van der Waals surface area contributed by atoms with Crippen LogP contribution in [0.5, 0.6) is 0 Å². The van der Waals surface area contributed by atoms with Gasteiger partial charge in [-0.3, -0.25) is 0 Å². The lowest BCUT2D eigenvalue weighted by Gasteiger charge is -1.53. The minimum atomic E-state index is -2.33. The molecule has 0 bridgehead atoms. The number of allylic oxidation sites excluding steroid dienone is 1. The molecule has 114 valence electrons. The normalized spacial score (nSPS) is 5.95. The number of halogens is 4. The average Bonchev–Trinajstić information content (AvgIpc) is 1.97. The second-order valence-corrected chi connectivity index (χ2v) is 1.42. The van der Waals surface area contributed by atoms with Gasteiger partial charge in [-0.1, -0.05) is 6.08 Å². The SMILES string of the molecule is C=CC.O=C(O)F.O=C(O)F.O=C(O)F.O=C(O)F. The molecule has 0 saturated carbocycles. The largest absolute Gasteiger partial charge is 0.492 e. The number of rotatable bonds is 0. The zero-order valence-corrected chi connectivity index (χ0v) is 9.22. The summed E-state index contributed by atoms with van der Waals surface area (Å²) >= 11 is 0. The topological polar surface area (TPSA) is 149 Å². The summed E-state index contributed by atoms with van der Waals surface area (Å²) in [4.78, 5) is 33.3. The Morgan fingerprint density at radius 3 is 0.737 bits per heavy atom. The molecule has 0 saturated heterocycles. The van der Waals surface area contributed by atoms with Gasteiger partial charge in [-0.05, 0) is 6.92 Å². The smallest absolute Gasteiger partial charge is 0.456 e.